The van der Waals surface area contributed by atoms with Crippen molar-refractivity contribution in [1.82, 2.24) is 14.9 Å². The Morgan fingerprint density at radius 2 is 1.87 bits per heavy atom. The molecule has 1 fully saturated rings. The second-order valence-corrected chi connectivity index (χ2v) is 12.8. The maximum Gasteiger partial charge on any atom is 0.318 e. The molecule has 7 nitrogen and oxygen atoms in total. The summed E-state index contributed by atoms with van der Waals surface area (Å²) in [5.74, 6) is -0.599. The molecule has 0 saturated carbocycles. The number of aryl methyl sites for hydroxylation is 1. The Bertz CT molecular complexity index is 1270. The fourth-order valence-corrected chi connectivity index (χ4v) is 6.17. The predicted molar refractivity (Wildman–Crippen MR) is 187 cm³/mol. The van der Waals surface area contributed by atoms with Crippen molar-refractivity contribution in [3.63, 3.8) is 0 Å². The van der Waals surface area contributed by atoms with Gasteiger partial charge in [0.15, 0.2) is 5.83 Å². The normalized spacial score (nSPS) is 15.8. The number of nitrogens with zero attached hydrogens (tertiary/aromatic N) is 5. The standard InChI is InChI=1S/C32H44ClFN5O2P.C3H8/c1-5-10-23(7-3)21-41-32-36-29(28(42)15-14-24-12-8-9-13-27(24)33)26(11-6-2)30(37-32)38-18-19-39(31(40)22(4)34)25(20-38)16-17-35;1-3-2/h8-9,12-13,23,25,28H,4-7,10-11,14-16,18-21,42H2,1-3H3;3H2,1-2H3. The van der Waals surface area contributed by atoms with Crippen LogP contribution < -0.4 is 9.64 Å². The van der Waals surface area contributed by atoms with E-state index in [9.17, 15) is 14.4 Å². The molecule has 1 amide bonds. The summed E-state index contributed by atoms with van der Waals surface area (Å²) >= 11 is 6.45. The molecule has 45 heavy (non-hydrogen) atoms. The quantitative estimate of drug-likeness (QED) is 0.141. The molecule has 1 saturated heterocycles. The lowest BCUT2D eigenvalue weighted by molar-refractivity contribution is -0.131. The Kier molecular flexibility index (Phi) is 17.4. The van der Waals surface area contributed by atoms with Crippen molar-refractivity contribution in [2.45, 2.75) is 104 Å². The SMILES string of the molecule is C=C(F)C(=O)N1CCN(c2nc(OCC(CC)CCC)nc(C(P)CCc3ccccc3Cl)c2CCC)CC1CC#N.CCC. The molecule has 0 N–H and O–H groups in total. The number of hydrogen-bond donors (Lipinski definition) is 0. The van der Waals surface area contributed by atoms with Crippen molar-refractivity contribution in [2.24, 2.45) is 5.92 Å². The second-order valence-electron chi connectivity index (χ2n) is 11.6. The van der Waals surface area contributed by atoms with Crippen LogP contribution in [0.15, 0.2) is 36.7 Å². The van der Waals surface area contributed by atoms with Gasteiger partial charge in [0.2, 0.25) is 0 Å². The van der Waals surface area contributed by atoms with Crippen LogP contribution in [-0.2, 0) is 17.6 Å². The Morgan fingerprint density at radius 3 is 2.47 bits per heavy atom. The monoisotopic (exact) mass is 659 g/mol. The third-order valence-electron chi connectivity index (χ3n) is 7.85. The fraction of sp³-hybridized carbons (Fsp3) is 0.600. The van der Waals surface area contributed by atoms with Gasteiger partial charge in [-0.1, -0.05) is 96.7 Å². The Morgan fingerprint density at radius 1 is 1.16 bits per heavy atom. The van der Waals surface area contributed by atoms with Crippen LogP contribution in [0, 0.1) is 17.2 Å². The van der Waals surface area contributed by atoms with E-state index in [1.54, 1.807) is 0 Å². The smallest absolute Gasteiger partial charge is 0.318 e. The summed E-state index contributed by atoms with van der Waals surface area (Å²) in [4.78, 5) is 25.9. The zero-order valence-corrected chi connectivity index (χ0v) is 29.7. The van der Waals surface area contributed by atoms with E-state index in [0.29, 0.717) is 31.6 Å². The molecule has 2 aromatic rings. The summed E-state index contributed by atoms with van der Waals surface area (Å²) < 4.78 is 20.1. The molecule has 1 aliphatic heterocycles. The molecular weight excluding hydrogens is 608 g/mol. The number of nitriles is 1. The van der Waals surface area contributed by atoms with Crippen molar-refractivity contribution in [1.29, 1.82) is 5.26 Å². The lowest BCUT2D eigenvalue weighted by Gasteiger charge is -2.41. The summed E-state index contributed by atoms with van der Waals surface area (Å²) in [7, 11) is 2.96. The van der Waals surface area contributed by atoms with E-state index in [2.05, 4.69) is 61.4 Å². The molecule has 0 radical (unpaired) electrons. The van der Waals surface area contributed by atoms with Gasteiger partial charge >= 0.3 is 6.01 Å². The highest BCUT2D eigenvalue weighted by Gasteiger charge is 2.34. The van der Waals surface area contributed by atoms with Crippen LogP contribution in [0.1, 0.15) is 102 Å². The topological polar surface area (TPSA) is 82.3 Å². The van der Waals surface area contributed by atoms with Gasteiger partial charge in [0.25, 0.3) is 5.91 Å². The Labute approximate surface area is 277 Å². The number of piperazine rings is 1. The Hall–Kier alpha value is -2.75. The first-order chi connectivity index (χ1) is 21.6. The molecule has 1 aromatic heterocycles. The molecule has 1 aliphatic rings. The van der Waals surface area contributed by atoms with Gasteiger partial charge < -0.3 is 14.5 Å². The number of aromatic nitrogens is 2. The maximum atomic E-state index is 13.8. The van der Waals surface area contributed by atoms with E-state index in [1.165, 1.54) is 11.3 Å². The number of anilines is 1. The molecule has 4 atom stereocenters. The zero-order valence-electron chi connectivity index (χ0n) is 27.8. The van der Waals surface area contributed by atoms with Crippen molar-refractivity contribution in [2.75, 3.05) is 31.1 Å². The van der Waals surface area contributed by atoms with Gasteiger partial charge in [0.1, 0.15) is 5.82 Å². The van der Waals surface area contributed by atoms with E-state index in [4.69, 9.17) is 26.3 Å². The largest absolute Gasteiger partial charge is 0.463 e. The molecule has 0 aliphatic carbocycles. The van der Waals surface area contributed by atoms with Gasteiger partial charge in [-0.25, -0.2) is 4.39 Å². The number of ether oxygens (including phenoxy) is 1. The van der Waals surface area contributed by atoms with Gasteiger partial charge in [-0.2, -0.15) is 15.2 Å². The average Bonchev–Trinajstić information content (AvgIpc) is 3.03. The first-order valence-corrected chi connectivity index (χ1v) is 17.5. The highest BCUT2D eigenvalue weighted by Crippen LogP contribution is 2.37. The molecule has 1 aromatic carbocycles. The maximum absolute atomic E-state index is 13.8. The lowest BCUT2D eigenvalue weighted by atomic mass is 10.00. The first-order valence-electron chi connectivity index (χ1n) is 16.4. The number of carbonyl (C=O) groups excluding carboxylic acids is 1. The highest BCUT2D eigenvalue weighted by atomic mass is 35.5. The first kappa shape index (κ1) is 38.4. The van der Waals surface area contributed by atoms with E-state index >= 15 is 0 Å². The van der Waals surface area contributed by atoms with Crippen LogP contribution in [0.25, 0.3) is 0 Å². The number of rotatable bonds is 15. The van der Waals surface area contributed by atoms with E-state index in [0.717, 1.165) is 72.6 Å². The number of hydrogen-bond acceptors (Lipinski definition) is 6. The summed E-state index contributed by atoms with van der Waals surface area (Å²) in [6.45, 7) is 15.5. The summed E-state index contributed by atoms with van der Waals surface area (Å²) in [6, 6.07) is 9.90. The van der Waals surface area contributed by atoms with Crippen LogP contribution in [0.3, 0.4) is 0 Å². The molecule has 10 heteroatoms. The second kappa shape index (κ2) is 20.4. The summed E-state index contributed by atoms with van der Waals surface area (Å²) in [5, 5.41) is 10.2. The van der Waals surface area contributed by atoms with Crippen LogP contribution in [0.4, 0.5) is 10.2 Å². The van der Waals surface area contributed by atoms with Crippen molar-refractivity contribution in [3.05, 3.63) is 58.5 Å². The third kappa shape index (κ3) is 11.5. The molecule has 3 rings (SSSR count). The highest BCUT2D eigenvalue weighted by molar-refractivity contribution is 7.17. The minimum absolute atomic E-state index is 0.0252. The number of carbonyl (C=O) groups is 1. The van der Waals surface area contributed by atoms with Crippen LogP contribution in [0.2, 0.25) is 5.02 Å². The van der Waals surface area contributed by atoms with E-state index < -0.39 is 17.8 Å². The minimum atomic E-state index is -1.01. The number of benzene rings is 1. The zero-order chi connectivity index (χ0) is 33.4. The molecule has 2 heterocycles. The van der Waals surface area contributed by atoms with Gasteiger partial charge in [-0.3, -0.25) is 4.79 Å². The van der Waals surface area contributed by atoms with Gasteiger partial charge in [-0.15, -0.1) is 9.24 Å². The third-order valence-corrected chi connectivity index (χ3v) is 8.87. The summed E-state index contributed by atoms with van der Waals surface area (Å²) in [5.41, 5.74) is 3.08. The van der Waals surface area contributed by atoms with Crippen molar-refractivity contribution < 1.29 is 13.9 Å². The van der Waals surface area contributed by atoms with Crippen molar-refractivity contribution in [3.8, 4) is 12.1 Å². The molecule has 0 spiro atoms. The van der Waals surface area contributed by atoms with Gasteiger partial charge in [-0.05, 0) is 43.2 Å². The fourth-order valence-electron chi connectivity index (χ4n) is 5.50. The van der Waals surface area contributed by atoms with Crippen LogP contribution in [-0.4, -0.2) is 53.1 Å². The molecule has 0 bridgehead atoms. The van der Waals surface area contributed by atoms with E-state index in [1.807, 2.05) is 24.3 Å². The van der Waals surface area contributed by atoms with Crippen LogP contribution in [0.5, 0.6) is 6.01 Å². The van der Waals surface area contributed by atoms with E-state index in [-0.39, 0.29) is 18.6 Å². The summed E-state index contributed by atoms with van der Waals surface area (Å²) in [6.07, 6.45) is 7.75. The van der Waals surface area contributed by atoms with Crippen molar-refractivity contribution >= 4 is 32.6 Å². The van der Waals surface area contributed by atoms with Gasteiger partial charge in [0, 0.05) is 35.9 Å². The van der Waals surface area contributed by atoms with Gasteiger partial charge in [0.05, 0.1) is 30.8 Å². The molecular formula is C35H52ClFN5O2P. The lowest BCUT2D eigenvalue weighted by Crippen LogP contribution is -2.55. The number of halogens is 2. The molecule has 4 unspecified atom stereocenters. The number of amides is 1. The van der Waals surface area contributed by atoms with Crippen LogP contribution >= 0.6 is 20.8 Å². The Balaban J connectivity index is 0.00000226. The predicted octanol–water partition coefficient (Wildman–Crippen LogP) is 8.67. The average molecular weight is 660 g/mol. The molecule has 248 valence electrons. The minimum Gasteiger partial charge on any atom is -0.463 e.